The van der Waals surface area contributed by atoms with Gasteiger partial charge in [0.2, 0.25) is 10.0 Å². The molecule has 3 N–H and O–H groups in total. The molecule has 1 aliphatic heterocycles. The number of aliphatic imine (C=N–C) groups is 1. The zero-order chi connectivity index (χ0) is 19.5. The molecule has 0 radical (unpaired) electrons. The summed E-state index contributed by atoms with van der Waals surface area (Å²) in [5, 5.41) is 6.66. The largest absolute Gasteiger partial charge is 0.357 e. The molecule has 0 aromatic heterocycles. The molecule has 1 aliphatic rings. The minimum atomic E-state index is -3.27. The second-order valence-corrected chi connectivity index (χ2v) is 8.73. The molecule has 7 nitrogen and oxygen atoms in total. The molecule has 1 heterocycles. The van der Waals surface area contributed by atoms with Crippen LogP contribution < -0.4 is 15.4 Å². The van der Waals surface area contributed by atoms with Crippen LogP contribution in [0.3, 0.4) is 0 Å². The van der Waals surface area contributed by atoms with E-state index in [-0.39, 0.29) is 5.75 Å². The van der Waals surface area contributed by atoms with Crippen LogP contribution in [0.25, 0.3) is 0 Å². The molecule has 1 fully saturated rings. The molecule has 27 heavy (non-hydrogen) atoms. The first-order chi connectivity index (χ1) is 13.0. The molecule has 1 aromatic carbocycles. The number of piperidine rings is 1. The lowest BCUT2D eigenvalue weighted by Crippen LogP contribution is -2.42. The Labute approximate surface area is 163 Å². The first kappa shape index (κ1) is 21.7. The van der Waals surface area contributed by atoms with Crippen LogP contribution in [-0.4, -0.2) is 59.0 Å². The molecule has 1 aromatic rings. The number of nitrogens with one attached hydrogen (secondary N) is 3. The first-order valence-electron chi connectivity index (χ1n) is 9.76. The molecule has 0 unspecified atom stereocenters. The summed E-state index contributed by atoms with van der Waals surface area (Å²) in [5.74, 6) is 0.776. The van der Waals surface area contributed by atoms with E-state index in [9.17, 15) is 8.42 Å². The number of sulfonamides is 1. The van der Waals surface area contributed by atoms with Crippen LogP contribution in [0, 0.1) is 0 Å². The Bertz CT molecular complexity index is 700. The molecule has 0 atom stereocenters. The molecular formula is C19H33N5O2S. The van der Waals surface area contributed by atoms with Crippen molar-refractivity contribution in [3.63, 3.8) is 0 Å². The van der Waals surface area contributed by atoms with Crippen molar-refractivity contribution in [2.75, 3.05) is 39.8 Å². The summed E-state index contributed by atoms with van der Waals surface area (Å²) in [6, 6.07) is 7.57. The predicted octanol–water partition coefficient (Wildman–Crippen LogP) is 1.28. The minimum absolute atomic E-state index is 0.0186. The third-order valence-electron chi connectivity index (χ3n) is 4.59. The minimum Gasteiger partial charge on any atom is -0.357 e. The van der Waals surface area contributed by atoms with E-state index in [0.29, 0.717) is 6.54 Å². The Morgan fingerprint density at radius 3 is 2.59 bits per heavy atom. The van der Waals surface area contributed by atoms with Gasteiger partial charge in [-0.15, -0.1) is 0 Å². The van der Waals surface area contributed by atoms with Crippen LogP contribution >= 0.6 is 0 Å². The molecule has 0 amide bonds. The van der Waals surface area contributed by atoms with E-state index in [1.54, 1.807) is 0 Å². The number of guanidine groups is 1. The molecule has 0 saturated carbocycles. The second kappa shape index (κ2) is 11.3. The van der Waals surface area contributed by atoms with E-state index in [1.807, 2.05) is 31.2 Å². The van der Waals surface area contributed by atoms with Crippen LogP contribution in [-0.2, 0) is 22.3 Å². The summed E-state index contributed by atoms with van der Waals surface area (Å²) in [7, 11) is -1.83. The van der Waals surface area contributed by atoms with Crippen molar-refractivity contribution >= 4 is 16.0 Å². The van der Waals surface area contributed by atoms with Crippen molar-refractivity contribution in [2.24, 2.45) is 4.99 Å². The Hall–Kier alpha value is -1.64. The second-order valence-electron chi connectivity index (χ2n) is 6.81. The van der Waals surface area contributed by atoms with Gasteiger partial charge in [-0.3, -0.25) is 0 Å². The van der Waals surface area contributed by atoms with E-state index in [1.165, 1.54) is 39.4 Å². The van der Waals surface area contributed by atoms with Gasteiger partial charge in [0.25, 0.3) is 0 Å². The number of hydrogen-bond donors (Lipinski definition) is 3. The van der Waals surface area contributed by atoms with E-state index >= 15 is 0 Å². The van der Waals surface area contributed by atoms with Crippen molar-refractivity contribution in [3.8, 4) is 0 Å². The summed E-state index contributed by atoms with van der Waals surface area (Å²) in [6.07, 6.45) is 3.95. The third kappa shape index (κ3) is 8.28. The SMILES string of the molecule is CCNC(=NCc1cccc(CS(=O)(=O)NC)c1)NCCN1CCCCC1. The highest BCUT2D eigenvalue weighted by Crippen LogP contribution is 2.10. The van der Waals surface area contributed by atoms with Crippen LogP contribution in [0.5, 0.6) is 0 Å². The molecular weight excluding hydrogens is 362 g/mol. The van der Waals surface area contributed by atoms with Crippen molar-refractivity contribution in [2.45, 2.75) is 38.5 Å². The van der Waals surface area contributed by atoms with Gasteiger partial charge >= 0.3 is 0 Å². The quantitative estimate of drug-likeness (QED) is 0.433. The summed E-state index contributed by atoms with van der Waals surface area (Å²) in [5.41, 5.74) is 1.76. The highest BCUT2D eigenvalue weighted by Gasteiger charge is 2.10. The number of benzene rings is 1. The first-order valence-corrected chi connectivity index (χ1v) is 11.4. The molecule has 2 rings (SSSR count). The van der Waals surface area contributed by atoms with Crippen LogP contribution in [0.15, 0.2) is 29.3 Å². The average Bonchev–Trinajstić information content (AvgIpc) is 2.67. The number of likely N-dealkylation sites (tertiary alicyclic amines) is 1. The predicted molar refractivity (Wildman–Crippen MR) is 111 cm³/mol. The molecule has 0 aliphatic carbocycles. The normalized spacial score (nSPS) is 16.3. The van der Waals surface area contributed by atoms with Gasteiger partial charge in [-0.05, 0) is 51.0 Å². The Morgan fingerprint density at radius 2 is 1.89 bits per heavy atom. The van der Waals surface area contributed by atoms with Gasteiger partial charge in [-0.25, -0.2) is 18.1 Å². The standard InChI is InChI=1S/C19H33N5O2S/c1-3-21-19(22-10-13-24-11-5-4-6-12-24)23-15-17-8-7-9-18(14-17)16-27(25,26)20-2/h7-9,14,20H,3-6,10-13,15-16H2,1-2H3,(H2,21,22,23). The highest BCUT2D eigenvalue weighted by molar-refractivity contribution is 7.88. The zero-order valence-electron chi connectivity index (χ0n) is 16.5. The fraction of sp³-hybridized carbons (Fsp3) is 0.632. The highest BCUT2D eigenvalue weighted by atomic mass is 32.2. The van der Waals surface area contributed by atoms with E-state index in [0.717, 1.165) is 36.7 Å². The fourth-order valence-electron chi connectivity index (χ4n) is 3.14. The fourth-order valence-corrected chi connectivity index (χ4v) is 3.90. The lowest BCUT2D eigenvalue weighted by atomic mass is 10.1. The van der Waals surface area contributed by atoms with Gasteiger partial charge in [0.15, 0.2) is 5.96 Å². The maximum absolute atomic E-state index is 11.7. The van der Waals surface area contributed by atoms with Crippen molar-refractivity contribution in [1.29, 1.82) is 0 Å². The molecule has 8 heteroatoms. The van der Waals surface area contributed by atoms with E-state index in [4.69, 9.17) is 0 Å². The number of rotatable bonds is 9. The Morgan fingerprint density at radius 1 is 1.15 bits per heavy atom. The lowest BCUT2D eigenvalue weighted by Gasteiger charge is -2.26. The van der Waals surface area contributed by atoms with Crippen molar-refractivity contribution in [1.82, 2.24) is 20.3 Å². The molecule has 0 spiro atoms. The molecule has 0 bridgehead atoms. The Balaban J connectivity index is 1.89. The number of nitrogens with zero attached hydrogens (tertiary/aromatic N) is 2. The number of hydrogen-bond acceptors (Lipinski definition) is 4. The third-order valence-corrected chi connectivity index (χ3v) is 5.93. The van der Waals surface area contributed by atoms with Gasteiger partial charge in [0.1, 0.15) is 0 Å². The summed E-state index contributed by atoms with van der Waals surface area (Å²) < 4.78 is 25.8. The van der Waals surface area contributed by atoms with Gasteiger partial charge in [0.05, 0.1) is 12.3 Å². The maximum atomic E-state index is 11.7. The van der Waals surface area contributed by atoms with Crippen LogP contribution in [0.1, 0.15) is 37.3 Å². The van der Waals surface area contributed by atoms with Gasteiger partial charge in [-0.1, -0.05) is 30.7 Å². The average molecular weight is 396 g/mol. The van der Waals surface area contributed by atoms with Crippen molar-refractivity contribution < 1.29 is 8.42 Å². The van der Waals surface area contributed by atoms with Crippen LogP contribution in [0.2, 0.25) is 0 Å². The van der Waals surface area contributed by atoms with Gasteiger partial charge in [0, 0.05) is 19.6 Å². The zero-order valence-corrected chi connectivity index (χ0v) is 17.3. The Kier molecular flexibility index (Phi) is 9.03. The monoisotopic (exact) mass is 395 g/mol. The maximum Gasteiger partial charge on any atom is 0.215 e. The molecule has 1 saturated heterocycles. The summed E-state index contributed by atoms with van der Waals surface area (Å²) >= 11 is 0. The van der Waals surface area contributed by atoms with Crippen molar-refractivity contribution in [3.05, 3.63) is 35.4 Å². The summed E-state index contributed by atoms with van der Waals surface area (Å²) in [4.78, 5) is 7.13. The van der Waals surface area contributed by atoms with E-state index < -0.39 is 10.0 Å². The van der Waals surface area contributed by atoms with Gasteiger partial charge < -0.3 is 15.5 Å². The van der Waals surface area contributed by atoms with Crippen LogP contribution in [0.4, 0.5) is 0 Å². The van der Waals surface area contributed by atoms with E-state index in [2.05, 4.69) is 25.2 Å². The molecule has 152 valence electrons. The smallest absolute Gasteiger partial charge is 0.215 e. The summed E-state index contributed by atoms with van der Waals surface area (Å²) in [6.45, 7) is 7.64. The lowest BCUT2D eigenvalue weighted by molar-refractivity contribution is 0.232. The van der Waals surface area contributed by atoms with Gasteiger partial charge in [-0.2, -0.15) is 0 Å². The topological polar surface area (TPSA) is 85.8 Å².